The third-order valence-corrected chi connectivity index (χ3v) is 6.64. The van der Waals surface area contributed by atoms with Crippen molar-refractivity contribution in [1.82, 2.24) is 19.6 Å². The van der Waals surface area contributed by atoms with Crippen molar-refractivity contribution in [2.24, 2.45) is 0 Å². The third-order valence-electron chi connectivity index (χ3n) is 6.31. The fraction of sp³-hybridized carbons (Fsp3) is 0.300. The number of rotatable bonds is 4. The molecule has 53 heavy (non-hydrogen) atoms. The molecule has 1 saturated heterocycles. The standard InChI is InChI=1S/C24H23ClN6O.C2F6.C2HF3O2.2CH2O2/c25-18-9-4-3-8-17(18)24(32)28-21-16-31-22(27-21)12-13-23(29-31)30-15-7-1-2-11-20(30)19-10-5-6-14-26-19;3-1(4,5)2(6,7)8;3-2(4,5)1(6)7;2*2-1-3/h3-6,8-10,12-14,16,20H,1-2,7,11,15H2,(H,28,32);;(H,6,7);2*1H,(H,2,3). The van der Waals surface area contributed by atoms with Crippen LogP contribution in [0.3, 0.4) is 0 Å². The van der Waals surface area contributed by atoms with Crippen LogP contribution in [-0.4, -0.2) is 84.8 Å². The molecule has 1 unspecified atom stereocenters. The summed E-state index contributed by atoms with van der Waals surface area (Å²) in [5, 5.41) is 28.9. The van der Waals surface area contributed by atoms with Gasteiger partial charge in [-0.3, -0.25) is 19.4 Å². The van der Waals surface area contributed by atoms with Gasteiger partial charge in [-0.05, 0) is 49.2 Å². The van der Waals surface area contributed by atoms with Crippen molar-refractivity contribution in [3.63, 3.8) is 0 Å². The molecule has 290 valence electrons. The number of anilines is 2. The van der Waals surface area contributed by atoms with Gasteiger partial charge in [-0.25, -0.2) is 14.3 Å². The number of benzene rings is 1. The topological polar surface area (TPSA) is 187 Å². The summed E-state index contributed by atoms with van der Waals surface area (Å²) in [5.74, 6) is -1.76. The van der Waals surface area contributed by atoms with Crippen LogP contribution in [0.2, 0.25) is 5.02 Å². The lowest BCUT2D eigenvalue weighted by Gasteiger charge is -2.30. The lowest BCUT2D eigenvalue weighted by Crippen LogP contribution is -2.30. The number of carboxylic acid groups (broad SMARTS) is 3. The molecule has 4 N–H and O–H groups in total. The van der Waals surface area contributed by atoms with E-state index in [4.69, 9.17) is 46.4 Å². The van der Waals surface area contributed by atoms with E-state index in [1.807, 2.05) is 30.5 Å². The minimum atomic E-state index is -6.06. The first kappa shape index (κ1) is 45.4. The Labute approximate surface area is 297 Å². The SMILES string of the molecule is FC(F)(F)C(F)(F)F.O=C(Nc1cn2nc(N3CCCCCC3c3ccccn3)ccc2n1)c1ccccc1Cl.O=C(O)C(F)(F)F.O=CO.O=CO. The molecule has 23 heteroatoms. The Hall–Kier alpha value is -5.67. The van der Waals surface area contributed by atoms with E-state index in [2.05, 4.69) is 26.3 Å². The first-order valence-electron chi connectivity index (χ1n) is 14.4. The highest BCUT2D eigenvalue weighted by Gasteiger charge is 2.58. The Kier molecular flexibility index (Phi) is 18.0. The van der Waals surface area contributed by atoms with Crippen LogP contribution in [-0.2, 0) is 14.4 Å². The molecule has 3 aromatic heterocycles. The smallest absolute Gasteiger partial charge is 0.483 e. The number of imidazole rings is 1. The predicted octanol–water partition coefficient (Wildman–Crippen LogP) is 7.30. The first-order chi connectivity index (χ1) is 24.7. The molecule has 1 aromatic carbocycles. The van der Waals surface area contributed by atoms with Crippen molar-refractivity contribution < 1.29 is 74.0 Å². The van der Waals surface area contributed by atoms with E-state index in [1.54, 1.807) is 35.0 Å². The number of hydrogen-bond acceptors (Lipinski definition) is 8. The second kappa shape index (κ2) is 21.0. The number of halogens is 10. The van der Waals surface area contributed by atoms with Crippen LogP contribution in [0.25, 0.3) is 5.65 Å². The van der Waals surface area contributed by atoms with Gasteiger partial charge in [-0.1, -0.05) is 42.6 Å². The van der Waals surface area contributed by atoms with E-state index in [1.165, 1.54) is 12.8 Å². The van der Waals surface area contributed by atoms with Gasteiger partial charge in [0.1, 0.15) is 5.82 Å². The number of aliphatic carboxylic acids is 1. The molecule has 4 aromatic rings. The van der Waals surface area contributed by atoms with Crippen LogP contribution in [0.5, 0.6) is 0 Å². The van der Waals surface area contributed by atoms with E-state index in [0.29, 0.717) is 22.1 Å². The lowest BCUT2D eigenvalue weighted by atomic mass is 10.1. The molecule has 0 bridgehead atoms. The zero-order chi connectivity index (χ0) is 40.4. The number of alkyl halides is 9. The number of hydrogen-bond donors (Lipinski definition) is 4. The Morgan fingerprint density at radius 1 is 0.849 bits per heavy atom. The molecule has 0 aliphatic carbocycles. The molecular formula is C30H28ClF9N6O7. The average molecular weight is 791 g/mol. The molecule has 13 nitrogen and oxygen atoms in total. The summed E-state index contributed by atoms with van der Waals surface area (Å²) in [4.78, 5) is 49.6. The number of carbonyl (C=O) groups is 4. The van der Waals surface area contributed by atoms with Gasteiger partial charge in [0.2, 0.25) is 0 Å². The van der Waals surface area contributed by atoms with Crippen LogP contribution < -0.4 is 10.2 Å². The van der Waals surface area contributed by atoms with Crippen molar-refractivity contribution in [2.45, 2.75) is 50.3 Å². The van der Waals surface area contributed by atoms with E-state index in [-0.39, 0.29) is 24.9 Å². The molecule has 5 rings (SSSR count). The molecule has 1 amide bonds. The highest BCUT2D eigenvalue weighted by Crippen LogP contribution is 2.36. The van der Waals surface area contributed by atoms with E-state index in [9.17, 15) is 44.3 Å². The Balaban J connectivity index is 0.000000551. The van der Waals surface area contributed by atoms with Gasteiger partial charge in [0.05, 0.1) is 28.5 Å². The molecule has 0 saturated carbocycles. The minimum absolute atomic E-state index is 0.187. The van der Waals surface area contributed by atoms with Gasteiger partial charge in [-0.15, -0.1) is 5.10 Å². The van der Waals surface area contributed by atoms with E-state index in [0.717, 1.165) is 30.9 Å². The lowest BCUT2D eigenvalue weighted by molar-refractivity contribution is -0.339. The maximum atomic E-state index is 12.6. The second-order valence-electron chi connectivity index (χ2n) is 9.88. The largest absolute Gasteiger partial charge is 0.490 e. The molecule has 0 radical (unpaired) electrons. The molecule has 0 spiro atoms. The normalized spacial score (nSPS) is 14.2. The molecule has 1 aliphatic rings. The van der Waals surface area contributed by atoms with E-state index < -0.39 is 24.5 Å². The monoisotopic (exact) mass is 790 g/mol. The molecule has 1 atom stereocenters. The molecular weight excluding hydrogens is 763 g/mol. The van der Waals surface area contributed by atoms with Crippen molar-refractivity contribution in [2.75, 3.05) is 16.8 Å². The van der Waals surface area contributed by atoms with Crippen molar-refractivity contribution in [1.29, 1.82) is 0 Å². The maximum absolute atomic E-state index is 12.6. The fourth-order valence-corrected chi connectivity index (χ4v) is 4.40. The summed E-state index contributed by atoms with van der Waals surface area (Å²) in [6.45, 7) is 0.421. The number of fused-ring (bicyclic) bond motifs is 1. The quantitative estimate of drug-likeness (QED) is 0.120. The predicted molar refractivity (Wildman–Crippen MR) is 168 cm³/mol. The van der Waals surface area contributed by atoms with Gasteiger partial charge in [0, 0.05) is 12.7 Å². The van der Waals surface area contributed by atoms with Gasteiger partial charge in [0.15, 0.2) is 11.5 Å². The van der Waals surface area contributed by atoms with Crippen molar-refractivity contribution in [3.05, 3.63) is 83.3 Å². The Morgan fingerprint density at radius 2 is 1.42 bits per heavy atom. The zero-order valence-corrected chi connectivity index (χ0v) is 27.4. The number of carbonyl (C=O) groups excluding carboxylic acids is 1. The van der Waals surface area contributed by atoms with Crippen molar-refractivity contribution >= 4 is 53.7 Å². The highest BCUT2D eigenvalue weighted by atomic mass is 35.5. The third kappa shape index (κ3) is 15.2. The molecule has 4 heterocycles. The minimum Gasteiger partial charge on any atom is -0.483 e. The van der Waals surface area contributed by atoms with Gasteiger partial charge in [-0.2, -0.15) is 39.5 Å². The number of nitrogens with zero attached hydrogens (tertiary/aromatic N) is 5. The summed E-state index contributed by atoms with van der Waals surface area (Å²) in [6.07, 6.45) is -9.11. The van der Waals surface area contributed by atoms with E-state index >= 15 is 0 Å². The first-order valence-corrected chi connectivity index (χ1v) is 14.8. The van der Waals surface area contributed by atoms with Crippen LogP contribution in [0, 0.1) is 0 Å². The number of carboxylic acids is 1. The highest BCUT2D eigenvalue weighted by molar-refractivity contribution is 6.34. The van der Waals surface area contributed by atoms with Gasteiger partial charge < -0.3 is 25.5 Å². The average Bonchev–Trinajstić information content (AvgIpc) is 3.30. The van der Waals surface area contributed by atoms with Crippen LogP contribution >= 0.6 is 11.6 Å². The Bertz CT molecular complexity index is 1740. The summed E-state index contributed by atoms with van der Waals surface area (Å²) >= 11 is 6.14. The van der Waals surface area contributed by atoms with Crippen LogP contribution in [0.1, 0.15) is 47.8 Å². The molecule has 1 aliphatic heterocycles. The summed E-state index contributed by atoms with van der Waals surface area (Å²) in [5.41, 5.74) is 2.13. The van der Waals surface area contributed by atoms with Crippen LogP contribution in [0.15, 0.2) is 67.0 Å². The van der Waals surface area contributed by atoms with Gasteiger partial charge in [0.25, 0.3) is 18.9 Å². The van der Waals surface area contributed by atoms with Crippen LogP contribution in [0.4, 0.5) is 51.1 Å². The molecule has 1 fully saturated rings. The summed E-state index contributed by atoms with van der Waals surface area (Å²) < 4.78 is 96.1. The van der Waals surface area contributed by atoms with Gasteiger partial charge >= 0.3 is 24.5 Å². The Morgan fingerprint density at radius 3 is 1.92 bits per heavy atom. The van der Waals surface area contributed by atoms with Crippen molar-refractivity contribution in [3.8, 4) is 0 Å². The zero-order valence-electron chi connectivity index (χ0n) is 26.6. The number of aromatic nitrogens is 4. The summed E-state index contributed by atoms with van der Waals surface area (Å²) in [6, 6.07) is 17.1. The fourth-order valence-electron chi connectivity index (χ4n) is 4.18. The second-order valence-corrected chi connectivity index (χ2v) is 10.3. The number of pyridine rings is 1. The maximum Gasteiger partial charge on any atom is 0.490 e. The summed E-state index contributed by atoms with van der Waals surface area (Å²) in [7, 11) is 0. The number of amides is 1. The number of nitrogens with one attached hydrogen (secondary N) is 1.